The van der Waals surface area contributed by atoms with Crippen molar-refractivity contribution in [1.29, 1.82) is 0 Å². The topological polar surface area (TPSA) is 82.6 Å². The van der Waals surface area contributed by atoms with E-state index in [4.69, 9.17) is 11.6 Å². The molecule has 0 aliphatic carbocycles. The second-order valence-corrected chi connectivity index (χ2v) is 6.50. The number of nitrogens with zero attached hydrogens (tertiary/aromatic N) is 1. The van der Waals surface area contributed by atoms with Gasteiger partial charge in [-0.25, -0.2) is 13.1 Å². The van der Waals surface area contributed by atoms with E-state index in [1.54, 1.807) is 12.1 Å². The summed E-state index contributed by atoms with van der Waals surface area (Å²) in [5.74, 6) is 0.721. The van der Waals surface area contributed by atoms with Gasteiger partial charge in [0.2, 0.25) is 10.0 Å². The fraction of sp³-hybridized carbons (Fsp3) is 0.417. The third-order valence-corrected chi connectivity index (χ3v) is 4.41. The van der Waals surface area contributed by atoms with Gasteiger partial charge in [0.1, 0.15) is 0 Å². The van der Waals surface area contributed by atoms with Gasteiger partial charge < -0.3 is 10.6 Å². The Bertz CT molecular complexity index is 589. The van der Waals surface area contributed by atoms with Gasteiger partial charge in [0, 0.05) is 31.2 Å². The number of aliphatic imine (C=N–C) groups is 1. The Kier molecular flexibility index (Phi) is 5.22. The summed E-state index contributed by atoms with van der Waals surface area (Å²) < 4.78 is 26.5. The molecule has 0 amide bonds. The Balaban J connectivity index is 1.82. The molecule has 1 aromatic carbocycles. The maximum Gasteiger partial charge on any atom is 0.240 e. The van der Waals surface area contributed by atoms with Crippen molar-refractivity contribution in [3.05, 3.63) is 29.3 Å². The van der Waals surface area contributed by atoms with Gasteiger partial charge in [-0.1, -0.05) is 17.7 Å². The molecule has 6 nitrogen and oxygen atoms in total. The van der Waals surface area contributed by atoms with Crippen LogP contribution in [0.15, 0.2) is 34.2 Å². The van der Waals surface area contributed by atoms with Crippen molar-refractivity contribution in [1.82, 2.24) is 15.4 Å². The third kappa shape index (κ3) is 4.36. The highest BCUT2D eigenvalue weighted by molar-refractivity contribution is 7.89. The first-order valence-electron chi connectivity index (χ1n) is 6.35. The van der Waals surface area contributed by atoms with Crippen molar-refractivity contribution in [3.8, 4) is 0 Å². The molecule has 0 radical (unpaired) electrons. The smallest absolute Gasteiger partial charge is 0.240 e. The van der Waals surface area contributed by atoms with Crippen LogP contribution < -0.4 is 15.4 Å². The minimum absolute atomic E-state index is 0.165. The Morgan fingerprint density at radius 1 is 1.35 bits per heavy atom. The fourth-order valence-corrected chi connectivity index (χ4v) is 3.07. The van der Waals surface area contributed by atoms with E-state index in [1.807, 2.05) is 0 Å². The zero-order chi connectivity index (χ0) is 14.4. The van der Waals surface area contributed by atoms with Crippen LogP contribution in [0.25, 0.3) is 0 Å². The van der Waals surface area contributed by atoms with E-state index in [0.717, 1.165) is 25.5 Å². The Morgan fingerprint density at radius 2 is 2.20 bits per heavy atom. The van der Waals surface area contributed by atoms with Gasteiger partial charge in [-0.15, -0.1) is 0 Å². The van der Waals surface area contributed by atoms with Gasteiger partial charge in [0.25, 0.3) is 0 Å². The minimum atomic E-state index is -3.52. The summed E-state index contributed by atoms with van der Waals surface area (Å²) >= 11 is 5.79. The minimum Gasteiger partial charge on any atom is -0.356 e. The van der Waals surface area contributed by atoms with Crippen LogP contribution in [0.1, 0.15) is 6.42 Å². The van der Waals surface area contributed by atoms with E-state index in [-0.39, 0.29) is 11.4 Å². The molecule has 0 aromatic heterocycles. The zero-order valence-corrected chi connectivity index (χ0v) is 12.5. The molecule has 3 N–H and O–H groups in total. The molecule has 0 atom stereocenters. The molecular weight excluding hydrogens is 300 g/mol. The average Bonchev–Trinajstić information content (AvgIpc) is 2.45. The van der Waals surface area contributed by atoms with Gasteiger partial charge in [-0.3, -0.25) is 4.99 Å². The van der Waals surface area contributed by atoms with Gasteiger partial charge >= 0.3 is 0 Å². The molecule has 0 spiro atoms. The Labute approximate surface area is 123 Å². The lowest BCUT2D eigenvalue weighted by atomic mass is 10.4. The number of hydrogen-bond donors (Lipinski definition) is 3. The van der Waals surface area contributed by atoms with E-state index in [1.165, 1.54) is 12.1 Å². The molecule has 0 bridgehead atoms. The van der Waals surface area contributed by atoms with Crippen molar-refractivity contribution in [2.75, 3.05) is 26.2 Å². The van der Waals surface area contributed by atoms with Gasteiger partial charge in [-0.2, -0.15) is 0 Å². The van der Waals surface area contributed by atoms with Crippen molar-refractivity contribution < 1.29 is 8.42 Å². The molecule has 0 saturated carbocycles. The van der Waals surface area contributed by atoms with Crippen LogP contribution in [0, 0.1) is 0 Å². The highest BCUT2D eigenvalue weighted by Crippen LogP contribution is 2.14. The number of guanidine groups is 1. The van der Waals surface area contributed by atoms with E-state index in [0.29, 0.717) is 11.6 Å². The molecule has 2 rings (SSSR count). The lowest BCUT2D eigenvalue weighted by Crippen LogP contribution is -2.43. The predicted molar refractivity (Wildman–Crippen MR) is 79.6 cm³/mol. The summed E-state index contributed by atoms with van der Waals surface area (Å²) in [6, 6.07) is 6.17. The number of benzene rings is 1. The average molecular weight is 317 g/mol. The summed E-state index contributed by atoms with van der Waals surface area (Å²) in [6.07, 6.45) is 1.02. The number of nitrogens with one attached hydrogen (secondary N) is 3. The maximum atomic E-state index is 12.0. The molecule has 1 aromatic rings. The number of sulfonamides is 1. The van der Waals surface area contributed by atoms with Gasteiger partial charge in [0.05, 0.1) is 4.90 Å². The summed E-state index contributed by atoms with van der Waals surface area (Å²) in [7, 11) is -3.52. The lowest BCUT2D eigenvalue weighted by molar-refractivity contribution is 0.580. The lowest BCUT2D eigenvalue weighted by Gasteiger charge is -2.16. The van der Waals surface area contributed by atoms with Crippen molar-refractivity contribution in [3.63, 3.8) is 0 Å². The maximum absolute atomic E-state index is 12.0. The molecule has 1 aliphatic rings. The molecule has 8 heteroatoms. The summed E-state index contributed by atoms with van der Waals surface area (Å²) in [5, 5.41) is 6.54. The summed E-state index contributed by atoms with van der Waals surface area (Å²) in [5.41, 5.74) is 0. The first-order valence-corrected chi connectivity index (χ1v) is 8.21. The first kappa shape index (κ1) is 15.1. The zero-order valence-electron chi connectivity index (χ0n) is 10.9. The molecule has 1 aliphatic heterocycles. The monoisotopic (exact) mass is 316 g/mol. The van der Waals surface area contributed by atoms with Crippen LogP contribution in [-0.2, 0) is 10.0 Å². The highest BCUT2D eigenvalue weighted by Gasteiger charge is 2.13. The van der Waals surface area contributed by atoms with Crippen LogP contribution in [0.5, 0.6) is 0 Å². The molecule has 0 saturated heterocycles. The van der Waals surface area contributed by atoms with Crippen molar-refractivity contribution >= 4 is 27.6 Å². The van der Waals surface area contributed by atoms with Crippen LogP contribution >= 0.6 is 11.6 Å². The summed E-state index contributed by atoms with van der Waals surface area (Å²) in [4.78, 5) is 4.40. The standard InChI is InChI=1S/C12H17ClN4O2S/c13-10-3-1-4-11(9-10)20(18,19)17-8-7-16-12-14-5-2-6-15-12/h1,3-4,9,17H,2,5-8H2,(H2,14,15,16). The molecule has 0 fully saturated rings. The van der Waals surface area contributed by atoms with Crippen molar-refractivity contribution in [2.24, 2.45) is 4.99 Å². The van der Waals surface area contributed by atoms with Crippen LogP contribution in [0.4, 0.5) is 0 Å². The van der Waals surface area contributed by atoms with Crippen LogP contribution in [0.3, 0.4) is 0 Å². The van der Waals surface area contributed by atoms with E-state index in [2.05, 4.69) is 20.3 Å². The SMILES string of the molecule is O=S(=O)(NCCNC1=NCCCN1)c1cccc(Cl)c1. The molecule has 20 heavy (non-hydrogen) atoms. The Morgan fingerprint density at radius 3 is 2.90 bits per heavy atom. The fourth-order valence-electron chi connectivity index (χ4n) is 1.73. The van der Waals surface area contributed by atoms with Crippen molar-refractivity contribution in [2.45, 2.75) is 11.3 Å². The number of hydrogen-bond acceptors (Lipinski definition) is 5. The van der Waals surface area contributed by atoms with Gasteiger partial charge in [0.15, 0.2) is 5.96 Å². The van der Waals surface area contributed by atoms with E-state index < -0.39 is 10.0 Å². The second-order valence-electron chi connectivity index (χ2n) is 4.29. The summed E-state index contributed by atoms with van der Waals surface area (Å²) in [6.45, 7) is 2.42. The number of rotatable bonds is 5. The van der Waals surface area contributed by atoms with Crippen LogP contribution in [0.2, 0.25) is 5.02 Å². The second kappa shape index (κ2) is 6.92. The predicted octanol–water partition coefficient (Wildman–Crippen LogP) is 0.557. The highest BCUT2D eigenvalue weighted by atomic mass is 35.5. The van der Waals surface area contributed by atoms with Crippen LogP contribution in [-0.4, -0.2) is 40.6 Å². The third-order valence-electron chi connectivity index (χ3n) is 2.71. The molecule has 110 valence electrons. The Hall–Kier alpha value is -1.31. The van der Waals surface area contributed by atoms with E-state index >= 15 is 0 Å². The molecule has 0 unspecified atom stereocenters. The normalized spacial score (nSPS) is 15.3. The largest absolute Gasteiger partial charge is 0.356 e. The van der Waals surface area contributed by atoms with Gasteiger partial charge in [-0.05, 0) is 24.6 Å². The van der Waals surface area contributed by atoms with E-state index in [9.17, 15) is 8.42 Å². The first-order chi connectivity index (χ1) is 9.58. The molecular formula is C12H17ClN4O2S. The molecule has 1 heterocycles. The quantitative estimate of drug-likeness (QED) is 0.693. The number of halogens is 1.